The number of nitrogens with one attached hydrogen (secondary N) is 1. The van der Waals surface area contributed by atoms with Gasteiger partial charge in [-0.25, -0.2) is 4.79 Å². The highest BCUT2D eigenvalue weighted by atomic mass is 16.4. The molecule has 0 bridgehead atoms. The minimum atomic E-state index is -1.22. The molecule has 0 radical (unpaired) electrons. The predicted molar refractivity (Wildman–Crippen MR) is 91.4 cm³/mol. The number of carbonyl (C=O) groups excluding carboxylic acids is 2. The van der Waals surface area contributed by atoms with Gasteiger partial charge in [-0.3, -0.25) is 14.5 Å². The van der Waals surface area contributed by atoms with E-state index in [0.29, 0.717) is 0 Å². The van der Waals surface area contributed by atoms with E-state index in [9.17, 15) is 24.6 Å². The molecule has 0 saturated carbocycles. The van der Waals surface area contributed by atoms with Gasteiger partial charge in [-0.1, -0.05) is 18.2 Å². The molecular weight excluding hydrogens is 324 g/mol. The second kappa shape index (κ2) is 6.90. The largest absolute Gasteiger partial charge is 0.511 e. The Kier molecular flexibility index (Phi) is 5.08. The predicted octanol–water partition coefficient (Wildman–Crippen LogP) is 1.73. The first-order chi connectivity index (χ1) is 11.7. The van der Waals surface area contributed by atoms with Gasteiger partial charge in [-0.05, 0) is 32.3 Å². The molecule has 0 spiro atoms. The number of likely N-dealkylation sites (N-methyl/N-ethyl adjacent to an activating group) is 1. The third-order valence-electron chi connectivity index (χ3n) is 4.11. The summed E-state index contributed by atoms with van der Waals surface area (Å²) in [5, 5.41) is 22.4. The number of Topliss-reactive ketones (excluding diaryl/α,β-unsaturated/α-hetero) is 1. The second-order valence-corrected chi connectivity index (χ2v) is 6.05. The van der Waals surface area contributed by atoms with E-state index in [4.69, 9.17) is 0 Å². The Bertz CT molecular complexity index is 794. The number of hydrogen-bond acceptors (Lipinski definition) is 5. The fourth-order valence-electron chi connectivity index (χ4n) is 2.76. The van der Waals surface area contributed by atoms with E-state index >= 15 is 0 Å². The first kappa shape index (κ1) is 18.4. The van der Waals surface area contributed by atoms with Crippen LogP contribution in [0.15, 0.2) is 47.7 Å². The first-order valence-corrected chi connectivity index (χ1v) is 7.62. The second-order valence-electron chi connectivity index (χ2n) is 6.05. The summed E-state index contributed by atoms with van der Waals surface area (Å²) in [5.74, 6) is -2.29. The normalized spacial score (nSPS) is 19.8. The van der Waals surface area contributed by atoms with Crippen LogP contribution in [0.5, 0.6) is 0 Å². The number of hydrogen-bond donors (Lipinski definition) is 3. The van der Waals surface area contributed by atoms with Crippen LogP contribution in [0.1, 0.15) is 34.1 Å². The summed E-state index contributed by atoms with van der Waals surface area (Å²) in [7, 11) is 3.47. The van der Waals surface area contributed by atoms with Crippen molar-refractivity contribution in [3.05, 3.63) is 58.9 Å². The third kappa shape index (κ3) is 3.61. The van der Waals surface area contributed by atoms with Gasteiger partial charge in [0.2, 0.25) is 5.91 Å². The number of nitrogens with zero attached hydrogens (tertiary/aromatic N) is 1. The van der Waals surface area contributed by atoms with E-state index < -0.39 is 17.4 Å². The van der Waals surface area contributed by atoms with Crippen LogP contribution in [0, 0.1) is 0 Å². The number of benzene rings is 1. The van der Waals surface area contributed by atoms with Gasteiger partial charge in [0.1, 0.15) is 11.4 Å². The summed E-state index contributed by atoms with van der Waals surface area (Å²) < 4.78 is 0. The van der Waals surface area contributed by atoms with Gasteiger partial charge < -0.3 is 15.5 Å². The van der Waals surface area contributed by atoms with Crippen molar-refractivity contribution < 1.29 is 24.6 Å². The topological polar surface area (TPSA) is 107 Å². The highest BCUT2D eigenvalue weighted by Crippen LogP contribution is 2.30. The number of aliphatic hydroxyl groups excluding tert-OH is 1. The van der Waals surface area contributed by atoms with E-state index in [1.165, 1.54) is 31.2 Å². The van der Waals surface area contributed by atoms with E-state index in [2.05, 4.69) is 5.32 Å². The smallest absolute Gasteiger partial charge is 0.336 e. The molecule has 0 saturated heterocycles. The average molecular weight is 344 g/mol. The number of carbonyl (C=O) groups is 3. The minimum absolute atomic E-state index is 0.00178. The number of allylic oxidation sites excluding steroid dienone is 2. The summed E-state index contributed by atoms with van der Waals surface area (Å²) in [6.45, 7) is 1.36. The number of aliphatic hydroxyl groups is 1. The van der Waals surface area contributed by atoms with Crippen molar-refractivity contribution in [2.45, 2.75) is 19.0 Å². The zero-order valence-electron chi connectivity index (χ0n) is 14.2. The van der Waals surface area contributed by atoms with Crippen LogP contribution in [-0.2, 0) is 4.79 Å². The van der Waals surface area contributed by atoms with Gasteiger partial charge in [-0.15, -0.1) is 0 Å². The Morgan fingerprint density at radius 1 is 1.16 bits per heavy atom. The lowest BCUT2D eigenvalue weighted by Gasteiger charge is -2.39. The summed E-state index contributed by atoms with van der Waals surface area (Å²) in [5.41, 5.74) is -1.08. The molecule has 132 valence electrons. The van der Waals surface area contributed by atoms with Gasteiger partial charge in [0.05, 0.1) is 11.1 Å². The highest BCUT2D eigenvalue weighted by molar-refractivity contribution is 6.15. The van der Waals surface area contributed by atoms with Crippen molar-refractivity contribution in [2.75, 3.05) is 14.1 Å². The maximum absolute atomic E-state index is 12.7. The van der Waals surface area contributed by atoms with Crippen molar-refractivity contribution in [2.24, 2.45) is 0 Å². The Morgan fingerprint density at radius 2 is 1.76 bits per heavy atom. The fraction of sp³-hybridized carbons (Fsp3) is 0.278. The monoisotopic (exact) mass is 344 g/mol. The van der Waals surface area contributed by atoms with Gasteiger partial charge in [0.25, 0.3) is 0 Å². The summed E-state index contributed by atoms with van der Waals surface area (Å²) in [4.78, 5) is 37.2. The number of carboxylic acids is 1. The molecule has 1 aromatic carbocycles. The highest BCUT2D eigenvalue weighted by Gasteiger charge is 2.37. The van der Waals surface area contributed by atoms with Crippen LogP contribution in [0.3, 0.4) is 0 Å². The Labute approximate surface area is 145 Å². The van der Waals surface area contributed by atoms with E-state index in [0.717, 1.165) is 0 Å². The summed E-state index contributed by atoms with van der Waals surface area (Å²) >= 11 is 0. The van der Waals surface area contributed by atoms with Crippen LogP contribution in [0.25, 0.3) is 0 Å². The third-order valence-corrected chi connectivity index (χ3v) is 4.11. The molecule has 1 aromatic rings. The van der Waals surface area contributed by atoms with Gasteiger partial charge in [0.15, 0.2) is 5.78 Å². The molecule has 0 aromatic heterocycles. The van der Waals surface area contributed by atoms with Crippen molar-refractivity contribution in [1.82, 2.24) is 10.2 Å². The molecule has 7 heteroatoms. The zero-order valence-corrected chi connectivity index (χ0v) is 14.2. The van der Waals surface area contributed by atoms with Crippen molar-refractivity contribution >= 4 is 17.7 Å². The summed E-state index contributed by atoms with van der Waals surface area (Å²) in [6, 6.07) is 5.83. The number of ketones is 1. The molecule has 1 atom stereocenters. The maximum atomic E-state index is 12.7. The first-order valence-electron chi connectivity index (χ1n) is 7.62. The lowest BCUT2D eigenvalue weighted by atomic mass is 9.88. The number of rotatable bonds is 5. The standard InChI is InChI=1S/C18H20N2O5/c1-11(21)19-18(20(2)3)9-8-14(15(22)10-18)16(23)12-6-4-5-7-13(12)17(24)25/h4-9,22H,10H2,1-3H3,(H,19,21)(H,24,25). The molecular formula is C18H20N2O5. The molecule has 1 aliphatic rings. The molecule has 7 nitrogen and oxygen atoms in total. The van der Waals surface area contributed by atoms with E-state index in [1.54, 1.807) is 31.1 Å². The van der Waals surface area contributed by atoms with Crippen molar-refractivity contribution in [3.8, 4) is 0 Å². The maximum Gasteiger partial charge on any atom is 0.336 e. The lowest BCUT2D eigenvalue weighted by molar-refractivity contribution is -0.122. The van der Waals surface area contributed by atoms with Gasteiger partial charge >= 0.3 is 5.97 Å². The summed E-state index contributed by atoms with van der Waals surface area (Å²) in [6.07, 6.45) is 3.02. The molecule has 1 aliphatic carbocycles. The SMILES string of the molecule is CC(=O)NC1(N(C)C)C=CC(C(=O)c2ccccc2C(=O)O)=C(O)C1. The van der Waals surface area contributed by atoms with Crippen LogP contribution >= 0.6 is 0 Å². The molecule has 2 rings (SSSR count). The number of carboxylic acid groups (broad SMARTS) is 1. The van der Waals surface area contributed by atoms with Gasteiger partial charge in [0, 0.05) is 18.9 Å². The minimum Gasteiger partial charge on any atom is -0.511 e. The Morgan fingerprint density at radius 3 is 2.24 bits per heavy atom. The molecule has 25 heavy (non-hydrogen) atoms. The fourth-order valence-corrected chi connectivity index (χ4v) is 2.76. The van der Waals surface area contributed by atoms with Gasteiger partial charge in [-0.2, -0.15) is 0 Å². The number of aromatic carboxylic acids is 1. The number of amides is 1. The molecule has 1 unspecified atom stereocenters. The molecule has 0 fully saturated rings. The van der Waals surface area contributed by atoms with E-state index in [1.807, 2.05) is 0 Å². The van der Waals surface area contributed by atoms with Crippen molar-refractivity contribution in [3.63, 3.8) is 0 Å². The van der Waals surface area contributed by atoms with Crippen LogP contribution in [0.4, 0.5) is 0 Å². The quantitative estimate of drug-likeness (QED) is 0.555. The van der Waals surface area contributed by atoms with Crippen LogP contribution in [0.2, 0.25) is 0 Å². The van der Waals surface area contributed by atoms with E-state index in [-0.39, 0.29) is 34.8 Å². The lowest BCUT2D eigenvalue weighted by Crippen LogP contribution is -2.57. The average Bonchev–Trinajstić information content (AvgIpc) is 2.53. The molecule has 3 N–H and O–H groups in total. The van der Waals surface area contributed by atoms with Crippen LogP contribution in [-0.4, -0.2) is 52.5 Å². The van der Waals surface area contributed by atoms with Crippen LogP contribution < -0.4 is 5.32 Å². The van der Waals surface area contributed by atoms with Crippen molar-refractivity contribution in [1.29, 1.82) is 0 Å². The molecule has 0 aliphatic heterocycles. The Balaban J connectivity index is 2.41. The molecule has 1 amide bonds. The molecule has 0 heterocycles. The Hall–Kier alpha value is -2.93. The zero-order chi connectivity index (χ0) is 18.8.